The standard InChI is InChI=1S/C12H16N6O4S/c1-21-12-16-10(15-11(17-12)18-4-2-3-5-18)7-14-23(19,20)9-6-13-22-8-9/h6,8,14H,2-5,7H2,1H3. The molecule has 0 saturated carbocycles. The average molecular weight is 340 g/mol. The summed E-state index contributed by atoms with van der Waals surface area (Å²) in [6.07, 6.45) is 4.31. The van der Waals surface area contributed by atoms with E-state index < -0.39 is 10.0 Å². The van der Waals surface area contributed by atoms with Gasteiger partial charge in [0.15, 0.2) is 5.82 Å². The number of hydrogen-bond acceptors (Lipinski definition) is 9. The van der Waals surface area contributed by atoms with Crippen molar-refractivity contribution in [3.05, 3.63) is 18.3 Å². The highest BCUT2D eigenvalue weighted by Crippen LogP contribution is 2.18. The maximum atomic E-state index is 12.0. The number of rotatable bonds is 6. The van der Waals surface area contributed by atoms with Crippen molar-refractivity contribution in [1.29, 1.82) is 0 Å². The second-order valence-electron chi connectivity index (χ2n) is 4.92. The van der Waals surface area contributed by atoms with Crippen LogP contribution in [0.15, 0.2) is 21.9 Å². The van der Waals surface area contributed by atoms with Crippen LogP contribution in [0.5, 0.6) is 6.01 Å². The van der Waals surface area contributed by atoms with Crippen LogP contribution in [0.25, 0.3) is 0 Å². The Bertz CT molecular complexity index is 758. The number of aromatic nitrogens is 4. The van der Waals surface area contributed by atoms with Crippen LogP contribution in [0.1, 0.15) is 18.7 Å². The lowest BCUT2D eigenvalue weighted by Crippen LogP contribution is -2.26. The van der Waals surface area contributed by atoms with E-state index in [0.717, 1.165) is 38.4 Å². The van der Waals surface area contributed by atoms with Gasteiger partial charge in [-0.2, -0.15) is 15.0 Å². The highest BCUT2D eigenvalue weighted by Gasteiger charge is 2.20. The lowest BCUT2D eigenvalue weighted by Gasteiger charge is -2.16. The van der Waals surface area contributed by atoms with Crippen molar-refractivity contribution in [2.75, 3.05) is 25.1 Å². The highest BCUT2D eigenvalue weighted by molar-refractivity contribution is 7.89. The van der Waals surface area contributed by atoms with Crippen LogP contribution in [-0.4, -0.2) is 48.7 Å². The van der Waals surface area contributed by atoms with Crippen LogP contribution in [0.3, 0.4) is 0 Å². The molecule has 1 N–H and O–H groups in total. The summed E-state index contributed by atoms with van der Waals surface area (Å²) in [4.78, 5) is 14.5. The van der Waals surface area contributed by atoms with Gasteiger partial charge in [0.05, 0.1) is 19.9 Å². The van der Waals surface area contributed by atoms with Crippen LogP contribution in [0.4, 0.5) is 5.95 Å². The third kappa shape index (κ3) is 3.56. The molecule has 0 amide bonds. The van der Waals surface area contributed by atoms with Gasteiger partial charge in [0.1, 0.15) is 11.2 Å². The summed E-state index contributed by atoms with van der Waals surface area (Å²) in [5, 5.41) is 3.38. The lowest BCUT2D eigenvalue weighted by atomic mass is 10.4. The van der Waals surface area contributed by atoms with Gasteiger partial charge < -0.3 is 14.2 Å². The fraction of sp³-hybridized carbons (Fsp3) is 0.500. The van der Waals surface area contributed by atoms with E-state index in [9.17, 15) is 8.42 Å². The zero-order valence-electron chi connectivity index (χ0n) is 12.5. The minimum absolute atomic E-state index is 0.0571. The normalized spacial score (nSPS) is 15.1. The molecule has 0 atom stereocenters. The first-order valence-corrected chi connectivity index (χ1v) is 8.50. The Hall–Kier alpha value is -2.27. The van der Waals surface area contributed by atoms with Gasteiger partial charge in [-0.15, -0.1) is 0 Å². The molecule has 1 saturated heterocycles. The summed E-state index contributed by atoms with van der Waals surface area (Å²) in [5.41, 5.74) is 0. The first kappa shape index (κ1) is 15.6. The van der Waals surface area contributed by atoms with Gasteiger partial charge in [-0.25, -0.2) is 13.1 Å². The Balaban J connectivity index is 1.78. The summed E-state index contributed by atoms with van der Waals surface area (Å²) in [5.74, 6) is 0.771. The molecule has 2 aromatic rings. The largest absolute Gasteiger partial charge is 0.467 e. The van der Waals surface area contributed by atoms with Crippen LogP contribution in [0.2, 0.25) is 0 Å². The van der Waals surface area contributed by atoms with Crippen LogP contribution < -0.4 is 14.4 Å². The van der Waals surface area contributed by atoms with Crippen molar-refractivity contribution >= 4 is 16.0 Å². The van der Waals surface area contributed by atoms with Crippen LogP contribution in [-0.2, 0) is 16.6 Å². The number of nitrogens with one attached hydrogen (secondary N) is 1. The SMILES string of the molecule is COc1nc(CNS(=O)(=O)c2cnoc2)nc(N2CCCC2)n1. The molecule has 23 heavy (non-hydrogen) atoms. The number of methoxy groups -OCH3 is 1. The fourth-order valence-electron chi connectivity index (χ4n) is 2.19. The first-order valence-electron chi connectivity index (χ1n) is 7.01. The topological polar surface area (TPSA) is 123 Å². The molecule has 1 fully saturated rings. The Morgan fingerprint density at radius 2 is 2.09 bits per heavy atom. The van der Waals surface area contributed by atoms with E-state index in [1.807, 2.05) is 4.90 Å². The van der Waals surface area contributed by atoms with E-state index in [2.05, 4.69) is 29.4 Å². The number of anilines is 1. The van der Waals surface area contributed by atoms with Crippen molar-refractivity contribution in [2.24, 2.45) is 0 Å². The van der Waals surface area contributed by atoms with Gasteiger partial charge in [-0.05, 0) is 12.8 Å². The zero-order chi connectivity index (χ0) is 16.3. The zero-order valence-corrected chi connectivity index (χ0v) is 13.3. The second kappa shape index (κ2) is 6.46. The van der Waals surface area contributed by atoms with Crippen LogP contribution in [0, 0.1) is 0 Å². The molecule has 3 heterocycles. The van der Waals surface area contributed by atoms with Gasteiger partial charge in [0, 0.05) is 13.1 Å². The van der Waals surface area contributed by atoms with Crippen molar-refractivity contribution in [1.82, 2.24) is 24.8 Å². The van der Waals surface area contributed by atoms with Crippen molar-refractivity contribution in [3.63, 3.8) is 0 Å². The van der Waals surface area contributed by atoms with E-state index in [4.69, 9.17) is 4.74 Å². The van der Waals surface area contributed by atoms with E-state index in [0.29, 0.717) is 5.95 Å². The van der Waals surface area contributed by atoms with Gasteiger partial charge in [-0.3, -0.25) is 0 Å². The molecule has 124 valence electrons. The average Bonchev–Trinajstić information content (AvgIpc) is 3.25. The predicted octanol–water partition coefficient (Wildman–Crippen LogP) is -0.0531. The molecule has 3 rings (SSSR count). The molecule has 11 heteroatoms. The fourth-order valence-corrected chi connectivity index (χ4v) is 3.02. The Morgan fingerprint density at radius 1 is 1.30 bits per heavy atom. The monoisotopic (exact) mass is 340 g/mol. The minimum atomic E-state index is -3.73. The van der Waals surface area contributed by atoms with Gasteiger partial charge in [0.25, 0.3) is 0 Å². The molecular weight excluding hydrogens is 324 g/mol. The van der Waals surface area contributed by atoms with E-state index >= 15 is 0 Å². The number of nitrogens with zero attached hydrogens (tertiary/aromatic N) is 5. The third-order valence-electron chi connectivity index (χ3n) is 3.36. The summed E-state index contributed by atoms with van der Waals surface area (Å²) >= 11 is 0. The molecule has 2 aromatic heterocycles. The molecule has 0 aromatic carbocycles. The quantitative estimate of drug-likeness (QED) is 0.770. The molecule has 0 unspecified atom stereocenters. The molecule has 0 radical (unpaired) electrons. The number of ether oxygens (including phenoxy) is 1. The highest BCUT2D eigenvalue weighted by atomic mass is 32.2. The summed E-state index contributed by atoms with van der Waals surface area (Å²) in [6.45, 7) is 1.63. The number of sulfonamides is 1. The Morgan fingerprint density at radius 3 is 2.74 bits per heavy atom. The second-order valence-corrected chi connectivity index (χ2v) is 6.68. The summed E-state index contributed by atoms with van der Waals surface area (Å²) < 4.78 is 36.1. The van der Waals surface area contributed by atoms with Crippen molar-refractivity contribution in [3.8, 4) is 6.01 Å². The molecule has 0 aliphatic carbocycles. The molecular formula is C12H16N6O4S. The van der Waals surface area contributed by atoms with Crippen LogP contribution >= 0.6 is 0 Å². The molecule has 10 nitrogen and oxygen atoms in total. The molecule has 1 aliphatic heterocycles. The van der Waals surface area contributed by atoms with E-state index in [-0.39, 0.29) is 23.3 Å². The van der Waals surface area contributed by atoms with E-state index in [1.54, 1.807) is 0 Å². The maximum absolute atomic E-state index is 12.0. The predicted molar refractivity (Wildman–Crippen MR) is 78.4 cm³/mol. The smallest absolute Gasteiger partial charge is 0.321 e. The first-order chi connectivity index (χ1) is 11.1. The lowest BCUT2D eigenvalue weighted by molar-refractivity contribution is 0.375. The molecule has 1 aliphatic rings. The third-order valence-corrected chi connectivity index (χ3v) is 4.71. The van der Waals surface area contributed by atoms with Gasteiger partial charge in [0.2, 0.25) is 16.0 Å². The van der Waals surface area contributed by atoms with Crippen molar-refractivity contribution < 1.29 is 17.7 Å². The number of hydrogen-bond donors (Lipinski definition) is 1. The van der Waals surface area contributed by atoms with E-state index in [1.165, 1.54) is 7.11 Å². The summed E-state index contributed by atoms with van der Waals surface area (Å²) in [6, 6.07) is 0.154. The maximum Gasteiger partial charge on any atom is 0.321 e. The minimum Gasteiger partial charge on any atom is -0.467 e. The molecule has 0 spiro atoms. The Kier molecular flexibility index (Phi) is 4.39. The molecule has 0 bridgehead atoms. The Labute approximate surface area is 132 Å². The van der Waals surface area contributed by atoms with Crippen molar-refractivity contribution in [2.45, 2.75) is 24.3 Å². The summed E-state index contributed by atoms with van der Waals surface area (Å²) in [7, 11) is -2.28. The van der Waals surface area contributed by atoms with Gasteiger partial charge in [-0.1, -0.05) is 5.16 Å². The van der Waals surface area contributed by atoms with Gasteiger partial charge >= 0.3 is 6.01 Å².